The number of nitrogens with zero attached hydrogens (tertiary/aromatic N) is 6. The van der Waals surface area contributed by atoms with Crippen molar-refractivity contribution in [1.82, 2.24) is 19.9 Å². The van der Waals surface area contributed by atoms with E-state index < -0.39 is 32.4 Å². The fourth-order valence-corrected chi connectivity index (χ4v) is 5.67. The van der Waals surface area contributed by atoms with Gasteiger partial charge in [0.25, 0.3) is 10.1 Å². The summed E-state index contributed by atoms with van der Waals surface area (Å²) in [5, 5.41) is 40.6. The molecule has 3 aromatic carbocycles. The molecule has 18 heteroatoms. The first kappa shape index (κ1) is 32.4. The number of aromatic nitrogens is 3. The number of phenolic OH excluding ortho intramolecular Hbond substituents is 1. The number of likely N-dealkylation sites (N-methyl/N-ethyl adjacent to an activating group) is 1. The first-order chi connectivity index (χ1) is 21.7. The van der Waals surface area contributed by atoms with Crippen LogP contribution < -0.4 is 15.9 Å². The Kier molecular flexibility index (Phi) is 8.99. The van der Waals surface area contributed by atoms with E-state index in [2.05, 4.69) is 40.3 Å². The molecule has 1 fully saturated rings. The summed E-state index contributed by atoms with van der Waals surface area (Å²) in [5.41, 5.74) is -0.654. The number of benzene rings is 3. The van der Waals surface area contributed by atoms with E-state index in [-0.39, 0.29) is 64.0 Å². The van der Waals surface area contributed by atoms with E-state index in [4.69, 9.17) is 5.26 Å². The van der Waals surface area contributed by atoms with Crippen LogP contribution in [0.1, 0.15) is 29.8 Å². The third-order valence-electron chi connectivity index (χ3n) is 7.52. The highest BCUT2D eigenvalue weighted by atomic mass is 32.2. The minimum Gasteiger partial charge on any atom is -0.505 e. The number of aromatic hydroxyl groups is 1. The normalized spacial score (nSPS) is 17.5. The van der Waals surface area contributed by atoms with E-state index in [0.29, 0.717) is 18.7 Å². The summed E-state index contributed by atoms with van der Waals surface area (Å²) in [5.74, 6) is -1.69. The highest BCUT2D eigenvalue weighted by Gasteiger charge is 2.29. The number of H-pyrrole nitrogens is 1. The zero-order chi connectivity index (χ0) is 33.3. The van der Waals surface area contributed by atoms with E-state index in [1.165, 1.54) is 30.3 Å². The van der Waals surface area contributed by atoms with E-state index in [9.17, 15) is 32.8 Å². The number of carbonyl (C=O) groups is 1. The summed E-state index contributed by atoms with van der Waals surface area (Å²) < 4.78 is 34.1. The molecule has 0 spiro atoms. The maximum absolute atomic E-state index is 12.6. The minimum absolute atomic E-state index is 0.0278. The van der Waals surface area contributed by atoms with Crippen LogP contribution in [-0.4, -0.2) is 86.5 Å². The van der Waals surface area contributed by atoms with Gasteiger partial charge in [-0.2, -0.15) is 23.5 Å². The van der Waals surface area contributed by atoms with Gasteiger partial charge in [-0.3, -0.25) is 19.7 Å². The lowest BCUT2D eigenvalue weighted by atomic mass is 10.1. The van der Waals surface area contributed by atoms with Crippen LogP contribution in [0.4, 0.5) is 29.0 Å². The van der Waals surface area contributed by atoms with E-state index in [1.807, 2.05) is 25.8 Å². The van der Waals surface area contributed by atoms with Crippen molar-refractivity contribution in [3.05, 3.63) is 64.1 Å². The van der Waals surface area contributed by atoms with Crippen LogP contribution in [0.5, 0.6) is 5.75 Å². The standard InChI is InChI=1S/C28H30N8O9S/c1-14-12-36(15(2)11-35(14)3)27-30-26(31-28(40)32-27)29-22-10-20(46(42,43)44)9-17-4-5-21(24(37)23(17)22)34-33-19-7-16(13-45-41)6-18(8-19)25(38)39/h4-10,14-15,37,41H,11-13H2,1-3H3,(H,38,39)(H,42,43,44)(H2,29,30,31,32,40). The molecule has 0 aliphatic carbocycles. The number of phenols is 1. The van der Waals surface area contributed by atoms with Gasteiger partial charge in [0.15, 0.2) is 5.75 Å². The Labute approximate surface area is 261 Å². The first-order valence-corrected chi connectivity index (χ1v) is 15.2. The summed E-state index contributed by atoms with van der Waals surface area (Å²) in [6.07, 6.45) is 0. The second-order valence-electron chi connectivity index (χ2n) is 10.9. The molecular formula is C28H30N8O9S. The maximum atomic E-state index is 12.6. The van der Waals surface area contributed by atoms with Crippen LogP contribution in [0.15, 0.2) is 62.4 Å². The number of carboxylic acid groups (broad SMARTS) is 1. The molecule has 6 N–H and O–H groups in total. The van der Waals surface area contributed by atoms with Crippen LogP contribution in [-0.2, 0) is 21.6 Å². The van der Waals surface area contributed by atoms with E-state index in [1.54, 1.807) is 0 Å². The first-order valence-electron chi connectivity index (χ1n) is 13.8. The number of nitrogens with one attached hydrogen (secondary N) is 2. The molecule has 0 bridgehead atoms. The van der Waals surface area contributed by atoms with Crippen molar-refractivity contribution in [2.45, 2.75) is 37.4 Å². The Morgan fingerprint density at radius 2 is 1.87 bits per heavy atom. The number of hydrogen-bond acceptors (Lipinski definition) is 14. The molecule has 0 amide bonds. The average Bonchev–Trinajstić information content (AvgIpc) is 2.97. The molecule has 1 saturated heterocycles. The topological polar surface area (TPSA) is 243 Å². The van der Waals surface area contributed by atoms with Crippen molar-refractivity contribution in [3.8, 4) is 5.75 Å². The average molecular weight is 655 g/mol. The highest BCUT2D eigenvalue weighted by Crippen LogP contribution is 2.42. The molecule has 1 aliphatic rings. The third-order valence-corrected chi connectivity index (χ3v) is 8.35. The molecule has 2 unspecified atom stereocenters. The summed E-state index contributed by atoms with van der Waals surface area (Å²) in [7, 11) is -2.71. The smallest absolute Gasteiger partial charge is 0.351 e. The molecule has 1 aliphatic heterocycles. The quantitative estimate of drug-likeness (QED) is 0.0653. The van der Waals surface area contributed by atoms with Crippen molar-refractivity contribution in [2.24, 2.45) is 10.2 Å². The van der Waals surface area contributed by atoms with Gasteiger partial charge in [-0.1, -0.05) is 6.07 Å². The number of aromatic carboxylic acids is 1. The zero-order valence-corrected chi connectivity index (χ0v) is 25.6. The molecule has 2 heterocycles. The Morgan fingerprint density at radius 1 is 1.11 bits per heavy atom. The molecule has 242 valence electrons. The van der Waals surface area contributed by atoms with Gasteiger partial charge in [0.05, 0.1) is 21.8 Å². The van der Waals surface area contributed by atoms with Crippen LogP contribution in [0.2, 0.25) is 0 Å². The third kappa shape index (κ3) is 6.95. The predicted octanol–water partition coefficient (Wildman–Crippen LogP) is 3.65. The Balaban J connectivity index is 1.59. The van der Waals surface area contributed by atoms with Crippen molar-refractivity contribution in [3.63, 3.8) is 0 Å². The zero-order valence-electron chi connectivity index (χ0n) is 24.7. The van der Waals surface area contributed by atoms with E-state index >= 15 is 0 Å². The number of piperazine rings is 1. The van der Waals surface area contributed by atoms with Gasteiger partial charge in [-0.05, 0) is 68.2 Å². The van der Waals surface area contributed by atoms with Gasteiger partial charge in [-0.15, -0.1) is 5.11 Å². The fourth-order valence-electron chi connectivity index (χ4n) is 5.13. The number of fused-ring (bicyclic) bond motifs is 1. The molecule has 5 rings (SSSR count). The van der Waals surface area contributed by atoms with E-state index in [0.717, 1.165) is 12.1 Å². The Hall–Kier alpha value is -5.01. The van der Waals surface area contributed by atoms with Gasteiger partial charge in [-0.25, -0.2) is 14.5 Å². The summed E-state index contributed by atoms with van der Waals surface area (Å²) in [4.78, 5) is 42.7. The lowest BCUT2D eigenvalue weighted by Crippen LogP contribution is -2.55. The summed E-state index contributed by atoms with van der Waals surface area (Å²) in [6.45, 7) is 4.93. The number of hydrogen-bond donors (Lipinski definition) is 6. The lowest BCUT2D eigenvalue weighted by Gasteiger charge is -2.42. The second-order valence-corrected chi connectivity index (χ2v) is 12.3. The van der Waals surface area contributed by atoms with Crippen molar-refractivity contribution in [2.75, 3.05) is 30.4 Å². The molecule has 1 aromatic heterocycles. The molecule has 46 heavy (non-hydrogen) atoms. The Bertz CT molecular complexity index is 2020. The van der Waals surface area contributed by atoms with Gasteiger partial charge >= 0.3 is 11.7 Å². The fraction of sp³-hybridized carbons (Fsp3) is 0.286. The predicted molar refractivity (Wildman–Crippen MR) is 165 cm³/mol. The molecule has 4 aromatic rings. The van der Waals surface area contributed by atoms with Crippen LogP contribution in [0, 0.1) is 0 Å². The van der Waals surface area contributed by atoms with Crippen LogP contribution in [0.25, 0.3) is 10.8 Å². The van der Waals surface area contributed by atoms with Crippen LogP contribution in [0.3, 0.4) is 0 Å². The van der Waals surface area contributed by atoms with Crippen molar-refractivity contribution in [1.29, 1.82) is 0 Å². The monoisotopic (exact) mass is 654 g/mol. The summed E-state index contributed by atoms with van der Waals surface area (Å²) >= 11 is 0. The maximum Gasteiger partial charge on any atom is 0.351 e. The van der Waals surface area contributed by atoms with Crippen molar-refractivity contribution >= 4 is 55.8 Å². The molecule has 17 nitrogen and oxygen atoms in total. The number of aromatic amines is 1. The molecular weight excluding hydrogens is 624 g/mol. The molecule has 2 atom stereocenters. The SMILES string of the molecule is CC1CN(c2nc(Nc3cc(S(=O)(=O)O)cc4ccc(N=Nc5cc(COO)cc(C(=O)O)c5)c(O)c34)[nH]c(=O)n2)C(C)CN1C. The minimum atomic E-state index is -4.71. The largest absolute Gasteiger partial charge is 0.505 e. The number of anilines is 3. The summed E-state index contributed by atoms with van der Waals surface area (Å²) in [6, 6.07) is 8.98. The molecule has 0 saturated carbocycles. The van der Waals surface area contributed by atoms with Crippen molar-refractivity contribution < 1.29 is 38.1 Å². The van der Waals surface area contributed by atoms with Gasteiger partial charge in [0.2, 0.25) is 11.9 Å². The lowest BCUT2D eigenvalue weighted by molar-refractivity contribution is -0.253. The van der Waals surface area contributed by atoms with Crippen LogP contribution >= 0.6 is 0 Å². The number of azo groups is 1. The van der Waals surface area contributed by atoms with Gasteiger partial charge < -0.3 is 20.4 Å². The van der Waals surface area contributed by atoms with Gasteiger partial charge in [0, 0.05) is 30.6 Å². The second kappa shape index (κ2) is 12.8. The number of carboxylic acids is 1. The van der Waals surface area contributed by atoms with Gasteiger partial charge in [0.1, 0.15) is 12.3 Å². The number of rotatable bonds is 9. The molecule has 0 radical (unpaired) electrons. The highest BCUT2D eigenvalue weighted by molar-refractivity contribution is 7.85. The Morgan fingerprint density at radius 3 is 2.57 bits per heavy atom.